The van der Waals surface area contributed by atoms with Gasteiger partial charge in [0.1, 0.15) is 12.4 Å². The van der Waals surface area contributed by atoms with Gasteiger partial charge in [-0.1, -0.05) is 36.7 Å². The number of hydrogen-bond donors (Lipinski definition) is 1. The zero-order valence-corrected chi connectivity index (χ0v) is 30.5. The Hall–Kier alpha value is -3.12. The second kappa shape index (κ2) is 14.5. The maximum absolute atomic E-state index is 13.5. The van der Waals surface area contributed by atoms with Gasteiger partial charge in [0.2, 0.25) is 15.9 Å². The highest BCUT2D eigenvalue weighted by molar-refractivity contribution is 7.90. The number of allylic oxidation sites excluding steroid dienone is 1. The lowest BCUT2D eigenvalue weighted by atomic mass is 9.68. The molecular formula is C38H48ClN3O7S. The first-order chi connectivity index (χ1) is 24.0. The molecule has 1 saturated carbocycles. The Morgan fingerprint density at radius 2 is 1.94 bits per heavy atom. The van der Waals surface area contributed by atoms with Crippen molar-refractivity contribution in [2.24, 2.45) is 17.8 Å². The molecule has 1 spiro atoms. The number of nitrogens with zero attached hydrogens (tertiary/aromatic N) is 2. The number of halogens is 1. The topological polar surface area (TPSA) is 114 Å². The highest BCUT2D eigenvalue weighted by Gasteiger charge is 2.45. The van der Waals surface area contributed by atoms with E-state index in [-0.39, 0.29) is 47.4 Å². The van der Waals surface area contributed by atoms with E-state index in [0.29, 0.717) is 58.2 Å². The molecule has 2 fully saturated rings. The number of amides is 2. The van der Waals surface area contributed by atoms with Crippen LogP contribution in [-0.2, 0) is 36.1 Å². The summed E-state index contributed by atoms with van der Waals surface area (Å²) in [5.41, 5.74) is 3.24. The van der Waals surface area contributed by atoms with Crippen LogP contribution < -0.4 is 14.4 Å². The number of ether oxygens (including phenoxy) is 3. The molecule has 7 rings (SSSR count). The van der Waals surface area contributed by atoms with Gasteiger partial charge < -0.3 is 24.0 Å². The minimum atomic E-state index is -3.97. The third kappa shape index (κ3) is 7.16. The predicted octanol–water partition coefficient (Wildman–Crippen LogP) is 5.13. The van der Waals surface area contributed by atoms with E-state index >= 15 is 0 Å². The lowest BCUT2D eigenvalue weighted by Gasteiger charge is -2.46. The quantitative estimate of drug-likeness (QED) is 0.434. The molecule has 3 aliphatic heterocycles. The van der Waals surface area contributed by atoms with E-state index in [0.717, 1.165) is 42.8 Å². The second-order valence-corrected chi connectivity index (χ2v) is 17.4. The van der Waals surface area contributed by atoms with Gasteiger partial charge in [-0.25, -0.2) is 13.1 Å². The zero-order chi connectivity index (χ0) is 35.0. The van der Waals surface area contributed by atoms with E-state index < -0.39 is 21.2 Å². The molecule has 2 aromatic rings. The molecule has 0 unspecified atom stereocenters. The summed E-state index contributed by atoms with van der Waals surface area (Å²) in [6.45, 7) is 7.52. The van der Waals surface area contributed by atoms with Gasteiger partial charge in [0, 0.05) is 42.2 Å². The van der Waals surface area contributed by atoms with Crippen LogP contribution in [0.4, 0.5) is 5.69 Å². The Kier molecular flexibility index (Phi) is 10.2. The van der Waals surface area contributed by atoms with Crippen molar-refractivity contribution >= 4 is 39.1 Å². The number of sulfonamides is 1. The molecule has 50 heavy (non-hydrogen) atoms. The summed E-state index contributed by atoms with van der Waals surface area (Å²) in [6, 6.07) is 11.4. The van der Waals surface area contributed by atoms with Gasteiger partial charge in [-0.15, -0.1) is 0 Å². The number of benzene rings is 2. The van der Waals surface area contributed by atoms with Crippen molar-refractivity contribution in [3.63, 3.8) is 0 Å². The van der Waals surface area contributed by atoms with Crippen molar-refractivity contribution < 1.29 is 32.2 Å². The molecule has 3 heterocycles. The largest absolute Gasteiger partial charge is 0.490 e. The van der Waals surface area contributed by atoms with Gasteiger partial charge in [0.25, 0.3) is 5.91 Å². The molecule has 6 atom stereocenters. The molecule has 10 nitrogen and oxygen atoms in total. The number of aryl methyl sites for hydroxylation is 1. The maximum atomic E-state index is 13.5. The summed E-state index contributed by atoms with van der Waals surface area (Å²) in [6.07, 6.45) is 9.08. The van der Waals surface area contributed by atoms with Crippen LogP contribution in [0.5, 0.6) is 5.75 Å². The number of carbonyl (C=O) groups is 2. The molecule has 1 saturated heterocycles. The van der Waals surface area contributed by atoms with Crippen molar-refractivity contribution in [1.29, 1.82) is 0 Å². The Bertz CT molecular complexity index is 1750. The summed E-state index contributed by atoms with van der Waals surface area (Å²) in [4.78, 5) is 30.8. The average Bonchev–Trinajstić information content (AvgIpc) is 3.24. The number of hydrogen-bond acceptors (Lipinski definition) is 8. The van der Waals surface area contributed by atoms with Crippen LogP contribution in [-0.4, -0.2) is 89.1 Å². The Morgan fingerprint density at radius 3 is 2.72 bits per heavy atom. The smallest absolute Gasteiger partial charge is 0.264 e. The number of anilines is 1. The van der Waals surface area contributed by atoms with E-state index in [4.69, 9.17) is 25.8 Å². The fourth-order valence-electron chi connectivity index (χ4n) is 8.39. The molecule has 12 heteroatoms. The summed E-state index contributed by atoms with van der Waals surface area (Å²) in [5, 5.41) is -0.0930. The molecule has 5 aliphatic rings. The summed E-state index contributed by atoms with van der Waals surface area (Å²) >= 11 is 6.45. The van der Waals surface area contributed by atoms with Crippen LogP contribution in [0.1, 0.15) is 67.4 Å². The number of morpholine rings is 1. The maximum Gasteiger partial charge on any atom is 0.264 e. The normalized spacial score (nSPS) is 31.7. The van der Waals surface area contributed by atoms with E-state index in [9.17, 15) is 18.0 Å². The Balaban J connectivity index is 1.24. The number of carbonyl (C=O) groups excluding carboxylic acids is 2. The predicted molar refractivity (Wildman–Crippen MR) is 192 cm³/mol. The van der Waals surface area contributed by atoms with Gasteiger partial charge >= 0.3 is 0 Å². The number of fused-ring (bicyclic) bond motifs is 4. The summed E-state index contributed by atoms with van der Waals surface area (Å²) < 4.78 is 47.7. The Labute approximate surface area is 300 Å². The molecular weight excluding hydrogens is 678 g/mol. The van der Waals surface area contributed by atoms with Crippen molar-refractivity contribution in [3.8, 4) is 5.75 Å². The molecule has 270 valence electrons. The van der Waals surface area contributed by atoms with Crippen LogP contribution in [0.25, 0.3) is 0 Å². The standard InChI is InChI=1S/C38H48ClN3O7S/c1-25-5-3-7-34(48-22-36(43)41-15-17-47-18-16-41)31-11-8-29(31)21-42-23-38(14-4-6-27-19-30(39)10-12-32(27)38)24-49-35-13-9-28(20-33(35)42)37(44)40-50(45,46)26(25)2/h3,7,9-10,12-13,19-20,25-26,29,31,34H,4-6,8,11,14-18,21-24H2,1-2H3,(H,40,44)/b7-3+/t25-,26+,29-,31+,34-,38-/m0/s1. The molecule has 0 radical (unpaired) electrons. The monoisotopic (exact) mass is 725 g/mol. The van der Waals surface area contributed by atoms with Gasteiger partial charge in [0.15, 0.2) is 0 Å². The lowest BCUT2D eigenvalue weighted by molar-refractivity contribution is -0.143. The molecule has 2 aromatic carbocycles. The summed E-state index contributed by atoms with van der Waals surface area (Å²) in [5.74, 6) is 0.147. The molecule has 2 amide bonds. The van der Waals surface area contributed by atoms with Gasteiger partial charge in [-0.05, 0) is 105 Å². The van der Waals surface area contributed by atoms with E-state index in [1.54, 1.807) is 30.0 Å². The fraction of sp³-hybridized carbons (Fsp3) is 0.579. The van der Waals surface area contributed by atoms with Crippen LogP contribution in [0, 0.1) is 17.8 Å². The third-order valence-electron chi connectivity index (χ3n) is 11.8. The van der Waals surface area contributed by atoms with Gasteiger partial charge in [0.05, 0.1) is 36.9 Å². The molecule has 1 N–H and O–H groups in total. The van der Waals surface area contributed by atoms with Crippen LogP contribution in [0.3, 0.4) is 0 Å². The van der Waals surface area contributed by atoms with Crippen molar-refractivity contribution in [2.75, 3.05) is 57.5 Å². The first-order valence-electron chi connectivity index (χ1n) is 18.0. The minimum absolute atomic E-state index is 0.0171. The van der Waals surface area contributed by atoms with Gasteiger partial charge in [-0.2, -0.15) is 0 Å². The van der Waals surface area contributed by atoms with Crippen molar-refractivity contribution in [1.82, 2.24) is 9.62 Å². The number of rotatable bonds is 3. The van der Waals surface area contributed by atoms with Crippen LogP contribution in [0.2, 0.25) is 5.02 Å². The average molecular weight is 726 g/mol. The summed E-state index contributed by atoms with van der Waals surface area (Å²) in [7, 11) is -3.97. The SMILES string of the molecule is C[C@@H]1[C@@H](C)C/C=C/[C@H](OCC(=O)N2CCOCC2)[C@@H]2CC[C@H]2CN2C[C@@]3(CCCc4cc(Cl)ccc43)COc3ccc(cc32)C(=O)NS1(=O)=O. The number of nitrogens with one attached hydrogen (secondary N) is 1. The molecule has 2 bridgehead atoms. The minimum Gasteiger partial charge on any atom is -0.490 e. The van der Waals surface area contributed by atoms with Gasteiger partial charge in [-0.3, -0.25) is 9.59 Å². The molecule has 0 aromatic heterocycles. The first-order valence-corrected chi connectivity index (χ1v) is 20.0. The first kappa shape index (κ1) is 35.3. The highest BCUT2D eigenvalue weighted by Crippen LogP contribution is 2.47. The second-order valence-electron chi connectivity index (χ2n) is 14.9. The zero-order valence-electron chi connectivity index (χ0n) is 28.9. The highest BCUT2D eigenvalue weighted by atomic mass is 35.5. The van der Waals surface area contributed by atoms with Crippen molar-refractivity contribution in [2.45, 2.75) is 69.1 Å². The van der Waals surface area contributed by atoms with Crippen LogP contribution in [0.15, 0.2) is 48.6 Å². The lowest BCUT2D eigenvalue weighted by Crippen LogP contribution is -2.50. The third-order valence-corrected chi connectivity index (χ3v) is 13.9. The molecule has 2 aliphatic carbocycles. The van der Waals surface area contributed by atoms with E-state index in [2.05, 4.69) is 21.8 Å². The van der Waals surface area contributed by atoms with Crippen LogP contribution >= 0.6 is 11.6 Å². The Morgan fingerprint density at radius 1 is 1.12 bits per heavy atom. The fourth-order valence-corrected chi connectivity index (χ4v) is 9.87. The van der Waals surface area contributed by atoms with Crippen molar-refractivity contribution in [3.05, 3.63) is 70.3 Å². The van der Waals surface area contributed by atoms with E-state index in [1.165, 1.54) is 11.1 Å². The van der Waals surface area contributed by atoms with E-state index in [1.807, 2.05) is 25.1 Å².